The predicted molar refractivity (Wildman–Crippen MR) is 106 cm³/mol. The highest BCUT2D eigenvalue weighted by atomic mass is 31.2. The second-order valence-corrected chi connectivity index (χ2v) is 9.11. The number of hydroxylamine groups is 2. The van der Waals surface area contributed by atoms with Gasteiger partial charge in [-0.1, -0.05) is 37.1 Å². The summed E-state index contributed by atoms with van der Waals surface area (Å²) >= 11 is 0. The van der Waals surface area contributed by atoms with Crippen molar-refractivity contribution < 1.29 is 47.1 Å². The molecule has 176 valence electrons. The summed E-state index contributed by atoms with van der Waals surface area (Å²) in [4.78, 5) is 68.6. The lowest BCUT2D eigenvalue weighted by atomic mass is 10.0. The molecule has 0 spiro atoms. The minimum Gasteiger partial charge on any atom is -0.330 e. The summed E-state index contributed by atoms with van der Waals surface area (Å²) in [6, 6.07) is 4.25. The number of imide groups is 1. The van der Waals surface area contributed by atoms with Gasteiger partial charge >= 0.3 is 19.2 Å². The molecule has 1 saturated heterocycles. The molecule has 2 amide bonds. The zero-order valence-corrected chi connectivity index (χ0v) is 18.1. The molecular weight excluding hydrogens is 451 g/mol. The zero-order chi connectivity index (χ0) is 23.9. The normalized spacial score (nSPS) is 14.7. The average Bonchev–Trinajstić information content (AvgIpc) is 3.02. The van der Waals surface area contributed by atoms with Gasteiger partial charge in [0.25, 0.3) is 11.8 Å². The molecular formula is C20H24F2NO8P. The Morgan fingerprint density at radius 1 is 0.969 bits per heavy atom. The van der Waals surface area contributed by atoms with Crippen LogP contribution < -0.4 is 0 Å². The summed E-state index contributed by atoms with van der Waals surface area (Å²) < 4.78 is 38.1. The van der Waals surface area contributed by atoms with Gasteiger partial charge in [0.2, 0.25) is 0 Å². The molecule has 9 nitrogen and oxygen atoms in total. The van der Waals surface area contributed by atoms with Crippen LogP contribution in [-0.2, 0) is 40.7 Å². The summed E-state index contributed by atoms with van der Waals surface area (Å²) in [7, 11) is -5.64. The number of alkyl halides is 2. The van der Waals surface area contributed by atoms with Gasteiger partial charge in [0.1, 0.15) is 5.78 Å². The van der Waals surface area contributed by atoms with Gasteiger partial charge in [-0.3, -0.25) is 18.9 Å². The fourth-order valence-corrected chi connectivity index (χ4v) is 3.54. The van der Waals surface area contributed by atoms with Crippen LogP contribution in [-0.4, -0.2) is 38.4 Å². The maximum Gasteiger partial charge on any atom is 0.399 e. The van der Waals surface area contributed by atoms with Gasteiger partial charge < -0.3 is 14.6 Å². The molecule has 1 heterocycles. The third-order valence-corrected chi connectivity index (χ3v) is 5.84. The number of benzene rings is 1. The minimum atomic E-state index is -5.64. The Kier molecular flexibility index (Phi) is 8.77. The van der Waals surface area contributed by atoms with E-state index < -0.39 is 36.6 Å². The maximum absolute atomic E-state index is 13.6. The summed E-state index contributed by atoms with van der Waals surface area (Å²) in [5.74, 6) is -1.86. The molecule has 2 N–H and O–H groups in total. The van der Waals surface area contributed by atoms with Gasteiger partial charge in [-0.15, -0.1) is 5.06 Å². The summed E-state index contributed by atoms with van der Waals surface area (Å²) in [5.41, 5.74) is -4.66. The molecule has 0 radical (unpaired) electrons. The number of hydrogen-bond donors (Lipinski definition) is 2. The van der Waals surface area contributed by atoms with Crippen molar-refractivity contribution in [2.75, 3.05) is 0 Å². The average molecular weight is 475 g/mol. The zero-order valence-electron chi connectivity index (χ0n) is 17.2. The van der Waals surface area contributed by atoms with Gasteiger partial charge in [-0.05, 0) is 18.4 Å². The van der Waals surface area contributed by atoms with Crippen LogP contribution in [0.3, 0.4) is 0 Å². The van der Waals surface area contributed by atoms with Crippen molar-refractivity contribution in [2.45, 2.75) is 63.5 Å². The lowest BCUT2D eigenvalue weighted by Crippen LogP contribution is -2.31. The van der Waals surface area contributed by atoms with E-state index in [1.165, 1.54) is 12.1 Å². The molecule has 32 heavy (non-hydrogen) atoms. The Bertz CT molecular complexity index is 897. The van der Waals surface area contributed by atoms with Crippen LogP contribution in [0.4, 0.5) is 8.78 Å². The van der Waals surface area contributed by atoms with Crippen LogP contribution in [0.5, 0.6) is 0 Å². The summed E-state index contributed by atoms with van der Waals surface area (Å²) in [6.45, 7) is 0. The van der Waals surface area contributed by atoms with Crippen molar-refractivity contribution in [1.82, 2.24) is 5.06 Å². The maximum atomic E-state index is 13.6. The van der Waals surface area contributed by atoms with Crippen LogP contribution in [0.2, 0.25) is 0 Å². The monoisotopic (exact) mass is 475 g/mol. The van der Waals surface area contributed by atoms with E-state index in [1.807, 2.05) is 0 Å². The number of nitrogens with zero attached hydrogens (tertiary/aromatic N) is 1. The number of hydrogen-bond acceptors (Lipinski definition) is 6. The number of Topliss-reactive ketones (excluding diaryl/α,β-unsaturated/α-hetero) is 1. The van der Waals surface area contributed by atoms with E-state index in [1.54, 1.807) is 0 Å². The van der Waals surface area contributed by atoms with Crippen molar-refractivity contribution in [3.63, 3.8) is 0 Å². The van der Waals surface area contributed by atoms with E-state index in [4.69, 9.17) is 14.6 Å². The second kappa shape index (κ2) is 10.9. The van der Waals surface area contributed by atoms with Gasteiger partial charge in [0.15, 0.2) is 0 Å². The van der Waals surface area contributed by atoms with Gasteiger partial charge in [0.05, 0.1) is 0 Å². The molecule has 2 rings (SSSR count). The molecule has 1 aliphatic heterocycles. The quantitative estimate of drug-likeness (QED) is 0.267. The number of carbonyl (C=O) groups is 4. The topological polar surface area (TPSA) is 138 Å². The summed E-state index contributed by atoms with van der Waals surface area (Å²) in [5, 5.41) is 0.501. The smallest absolute Gasteiger partial charge is 0.330 e. The predicted octanol–water partition coefficient (Wildman–Crippen LogP) is 2.97. The molecule has 0 bridgehead atoms. The first-order valence-electron chi connectivity index (χ1n) is 10.0. The van der Waals surface area contributed by atoms with Gasteiger partial charge in [-0.25, -0.2) is 4.79 Å². The Morgan fingerprint density at radius 3 is 2.03 bits per heavy atom. The van der Waals surface area contributed by atoms with Crippen molar-refractivity contribution in [3.8, 4) is 0 Å². The van der Waals surface area contributed by atoms with E-state index in [9.17, 15) is 32.5 Å². The SMILES string of the molecule is O=C(CCCCCCC(=O)ON1C(=O)CCC1=O)Cc1ccc(C(F)(F)P(=O)(O)O)cc1. The second-order valence-electron chi connectivity index (χ2n) is 7.46. The first-order chi connectivity index (χ1) is 14.9. The number of carbonyl (C=O) groups excluding carboxylic acids is 4. The Labute approximate surface area is 182 Å². The van der Waals surface area contributed by atoms with E-state index in [2.05, 4.69) is 0 Å². The van der Waals surface area contributed by atoms with Crippen LogP contribution >= 0.6 is 7.60 Å². The highest BCUT2D eigenvalue weighted by molar-refractivity contribution is 7.52. The first kappa shape index (κ1) is 25.8. The minimum absolute atomic E-state index is 0.00593. The molecule has 0 aliphatic carbocycles. The molecule has 1 fully saturated rings. The lowest BCUT2D eigenvalue weighted by molar-refractivity contribution is -0.197. The lowest BCUT2D eigenvalue weighted by Gasteiger charge is -2.18. The van der Waals surface area contributed by atoms with E-state index in [0.29, 0.717) is 36.3 Å². The van der Waals surface area contributed by atoms with Crippen molar-refractivity contribution in [2.24, 2.45) is 0 Å². The molecule has 0 unspecified atom stereocenters. The van der Waals surface area contributed by atoms with Crippen molar-refractivity contribution in [1.29, 1.82) is 0 Å². The van der Waals surface area contributed by atoms with Gasteiger partial charge in [-0.2, -0.15) is 8.78 Å². The standard InChI is InChI=1S/C20H24F2NO8P/c21-20(22,32(28,29)30)15-9-7-14(8-10-15)13-16(24)5-3-1-2-4-6-19(27)31-23-17(25)11-12-18(23)26/h7-10H,1-6,11-13H2,(H2,28,29,30). The molecule has 1 aromatic rings. The van der Waals surface area contributed by atoms with Crippen molar-refractivity contribution in [3.05, 3.63) is 35.4 Å². The number of ketones is 1. The molecule has 0 aromatic heterocycles. The number of amides is 2. The van der Waals surface area contributed by atoms with E-state index in [0.717, 1.165) is 12.1 Å². The molecule has 1 aliphatic rings. The van der Waals surface area contributed by atoms with Crippen LogP contribution in [0.1, 0.15) is 62.5 Å². The Morgan fingerprint density at radius 2 is 1.50 bits per heavy atom. The molecule has 1 aromatic carbocycles. The van der Waals surface area contributed by atoms with E-state index in [-0.39, 0.29) is 37.9 Å². The third-order valence-electron chi connectivity index (χ3n) is 4.85. The highest BCUT2D eigenvalue weighted by Gasteiger charge is 2.50. The Balaban J connectivity index is 1.63. The molecule has 0 atom stereocenters. The number of rotatable bonds is 12. The fourth-order valence-electron chi connectivity index (χ4n) is 3.06. The molecule has 0 saturated carbocycles. The van der Waals surface area contributed by atoms with Crippen LogP contribution in [0, 0.1) is 0 Å². The van der Waals surface area contributed by atoms with Gasteiger partial charge in [0, 0.05) is 37.7 Å². The Hall–Kier alpha value is -2.49. The largest absolute Gasteiger partial charge is 0.399 e. The highest BCUT2D eigenvalue weighted by Crippen LogP contribution is 2.59. The molecule has 12 heteroatoms. The van der Waals surface area contributed by atoms with Crippen LogP contribution in [0.25, 0.3) is 0 Å². The van der Waals surface area contributed by atoms with Crippen LogP contribution in [0.15, 0.2) is 24.3 Å². The number of unbranched alkanes of at least 4 members (excludes halogenated alkanes) is 3. The summed E-state index contributed by atoms with van der Waals surface area (Å²) in [6.07, 6.45) is 2.69. The first-order valence-corrected chi connectivity index (χ1v) is 11.6. The fraction of sp³-hybridized carbons (Fsp3) is 0.500. The number of halogens is 2. The van der Waals surface area contributed by atoms with Crippen molar-refractivity contribution >= 4 is 31.2 Å². The van der Waals surface area contributed by atoms with E-state index >= 15 is 0 Å². The third kappa shape index (κ3) is 7.01.